The van der Waals surface area contributed by atoms with Crippen molar-refractivity contribution < 1.29 is 19.1 Å². The molecule has 1 amide bonds. The molecule has 0 bridgehead atoms. The highest BCUT2D eigenvalue weighted by atomic mass is 35.5. The van der Waals surface area contributed by atoms with Gasteiger partial charge in [0.15, 0.2) is 17.2 Å². The van der Waals surface area contributed by atoms with E-state index in [1.165, 1.54) is 7.11 Å². The van der Waals surface area contributed by atoms with E-state index in [9.17, 15) is 4.79 Å². The zero-order valence-corrected chi connectivity index (χ0v) is 16.5. The van der Waals surface area contributed by atoms with Crippen molar-refractivity contribution in [2.45, 2.75) is 6.42 Å². The summed E-state index contributed by atoms with van der Waals surface area (Å²) in [7, 11) is 2.95. The Balaban J connectivity index is 1.99. The van der Waals surface area contributed by atoms with E-state index in [1.807, 2.05) is 12.1 Å². The molecule has 0 heterocycles. The van der Waals surface area contributed by atoms with Crippen LogP contribution in [0, 0.1) is 12.3 Å². The lowest BCUT2D eigenvalue weighted by Crippen LogP contribution is -2.33. The Bertz CT molecular complexity index is 873. The first kappa shape index (κ1) is 21.1. The Labute approximate surface area is 169 Å². The number of carbonyl (C=O) groups excluding carboxylic acids is 1. The van der Waals surface area contributed by atoms with Gasteiger partial charge < -0.3 is 19.6 Å². The number of ether oxygens (including phenoxy) is 2. The van der Waals surface area contributed by atoms with Crippen molar-refractivity contribution in [2.24, 2.45) is 5.16 Å². The molecule has 0 radical (unpaired) electrons. The molecule has 0 fully saturated rings. The minimum absolute atomic E-state index is 0.165. The van der Waals surface area contributed by atoms with Crippen LogP contribution in [0.2, 0.25) is 5.02 Å². The first-order valence-corrected chi connectivity index (χ1v) is 8.85. The predicted molar refractivity (Wildman–Crippen MR) is 109 cm³/mol. The normalized spacial score (nSPS) is 10.7. The van der Waals surface area contributed by atoms with Crippen molar-refractivity contribution in [2.75, 3.05) is 27.4 Å². The highest BCUT2D eigenvalue weighted by Gasteiger charge is 2.15. The first-order chi connectivity index (χ1) is 13.6. The number of terminal acetylenes is 1. The maximum Gasteiger partial charge on any atom is 0.273 e. The maximum atomic E-state index is 12.5. The van der Waals surface area contributed by atoms with Gasteiger partial charge in [0.1, 0.15) is 13.7 Å². The molecule has 2 aromatic carbocycles. The molecule has 0 spiro atoms. The molecule has 2 aromatic rings. The second kappa shape index (κ2) is 10.9. The van der Waals surface area contributed by atoms with Crippen LogP contribution in [0.1, 0.15) is 11.1 Å². The Morgan fingerprint density at radius 2 is 1.93 bits per heavy atom. The second-order valence-electron chi connectivity index (χ2n) is 5.61. The largest absolute Gasteiger partial charge is 0.493 e. The Morgan fingerprint density at radius 1 is 1.18 bits per heavy atom. The molecule has 1 N–H and O–H groups in total. The van der Waals surface area contributed by atoms with Gasteiger partial charge in [-0.1, -0.05) is 40.9 Å². The lowest BCUT2D eigenvalue weighted by Gasteiger charge is -2.11. The van der Waals surface area contributed by atoms with E-state index in [-0.39, 0.29) is 18.2 Å². The smallest absolute Gasteiger partial charge is 0.273 e. The maximum absolute atomic E-state index is 12.5. The van der Waals surface area contributed by atoms with E-state index < -0.39 is 0 Å². The summed E-state index contributed by atoms with van der Waals surface area (Å²) >= 11 is 5.89. The van der Waals surface area contributed by atoms with E-state index >= 15 is 0 Å². The predicted octanol–water partition coefficient (Wildman–Crippen LogP) is 3.07. The first-order valence-electron chi connectivity index (χ1n) is 8.47. The molecule has 0 saturated carbocycles. The number of hydrogen-bond donors (Lipinski definition) is 1. The number of rotatable bonds is 9. The van der Waals surface area contributed by atoms with Crippen LogP contribution in [0.15, 0.2) is 47.6 Å². The number of hydrogen-bond acceptors (Lipinski definition) is 5. The van der Waals surface area contributed by atoms with Gasteiger partial charge in [0.05, 0.1) is 7.11 Å². The molecular formula is C21H21ClN2O4. The second-order valence-corrected chi connectivity index (χ2v) is 6.05. The van der Waals surface area contributed by atoms with Crippen LogP contribution in [0.5, 0.6) is 11.5 Å². The van der Waals surface area contributed by atoms with Crippen molar-refractivity contribution in [3.05, 3.63) is 58.6 Å². The fraction of sp³-hybridized carbons (Fsp3) is 0.238. The van der Waals surface area contributed by atoms with E-state index in [4.69, 9.17) is 32.3 Å². The van der Waals surface area contributed by atoms with E-state index in [1.54, 1.807) is 37.4 Å². The third-order valence-electron chi connectivity index (χ3n) is 3.75. The molecule has 0 aliphatic carbocycles. The summed E-state index contributed by atoms with van der Waals surface area (Å²) in [4.78, 5) is 17.3. The van der Waals surface area contributed by atoms with Crippen molar-refractivity contribution in [3.8, 4) is 23.8 Å². The molecule has 0 saturated heterocycles. The molecule has 0 aliphatic heterocycles. The van der Waals surface area contributed by atoms with Crippen LogP contribution in [0.25, 0.3) is 0 Å². The van der Waals surface area contributed by atoms with Crippen LogP contribution in [0.3, 0.4) is 0 Å². The highest BCUT2D eigenvalue weighted by Crippen LogP contribution is 2.28. The molecule has 146 valence electrons. The third kappa shape index (κ3) is 5.93. The van der Waals surface area contributed by atoms with Crippen LogP contribution in [-0.4, -0.2) is 39.0 Å². The SMILES string of the molecule is C#CCOc1ccc(CCNC(=O)C(=NOC)c2ccc(Cl)cc2)cc1OC. The van der Waals surface area contributed by atoms with Crippen LogP contribution < -0.4 is 14.8 Å². The van der Waals surface area contributed by atoms with Gasteiger partial charge in [-0.2, -0.15) is 0 Å². The highest BCUT2D eigenvalue weighted by molar-refractivity contribution is 6.45. The molecule has 0 atom stereocenters. The lowest BCUT2D eigenvalue weighted by molar-refractivity contribution is -0.114. The fourth-order valence-electron chi connectivity index (χ4n) is 2.43. The monoisotopic (exact) mass is 400 g/mol. The number of oxime groups is 1. The summed E-state index contributed by atoms with van der Waals surface area (Å²) < 4.78 is 10.7. The van der Waals surface area contributed by atoms with E-state index in [2.05, 4.69) is 16.4 Å². The van der Waals surface area contributed by atoms with Crippen molar-refractivity contribution in [1.29, 1.82) is 0 Å². The zero-order valence-electron chi connectivity index (χ0n) is 15.7. The average molecular weight is 401 g/mol. The standard InChI is InChI=1S/C21H21ClN2O4/c1-4-13-28-18-10-5-15(14-19(18)26-2)11-12-23-21(25)20(24-27-3)16-6-8-17(22)9-7-16/h1,5-10,14H,11-13H2,2-3H3,(H,23,25). The van der Waals surface area contributed by atoms with Crippen molar-refractivity contribution in [1.82, 2.24) is 5.32 Å². The fourth-order valence-corrected chi connectivity index (χ4v) is 2.56. The molecule has 2 rings (SSSR count). The summed E-state index contributed by atoms with van der Waals surface area (Å²) in [6.45, 7) is 0.570. The number of nitrogens with zero attached hydrogens (tertiary/aromatic N) is 1. The van der Waals surface area contributed by atoms with E-state index in [0.29, 0.717) is 35.1 Å². The number of benzene rings is 2. The van der Waals surface area contributed by atoms with E-state index in [0.717, 1.165) is 5.56 Å². The summed E-state index contributed by atoms with van der Waals surface area (Å²) in [6.07, 6.45) is 5.80. The van der Waals surface area contributed by atoms with Gasteiger partial charge in [-0.15, -0.1) is 6.42 Å². The van der Waals surface area contributed by atoms with Gasteiger partial charge in [-0.3, -0.25) is 4.79 Å². The molecule has 6 nitrogen and oxygen atoms in total. The van der Waals surface area contributed by atoms with Crippen molar-refractivity contribution in [3.63, 3.8) is 0 Å². The van der Waals surface area contributed by atoms with Gasteiger partial charge >= 0.3 is 0 Å². The minimum Gasteiger partial charge on any atom is -0.493 e. The molecule has 0 unspecified atom stereocenters. The molecule has 7 heteroatoms. The Kier molecular flexibility index (Phi) is 8.19. The van der Waals surface area contributed by atoms with Crippen LogP contribution in [-0.2, 0) is 16.1 Å². The third-order valence-corrected chi connectivity index (χ3v) is 4.01. The van der Waals surface area contributed by atoms with Gasteiger partial charge in [-0.05, 0) is 36.2 Å². The molecule has 0 aromatic heterocycles. The van der Waals surface area contributed by atoms with Crippen LogP contribution >= 0.6 is 11.6 Å². The topological polar surface area (TPSA) is 69.2 Å². The summed E-state index contributed by atoms with van der Waals surface area (Å²) in [5, 5.41) is 7.23. The van der Waals surface area contributed by atoms with Gasteiger partial charge in [0, 0.05) is 17.1 Å². The molecule has 0 aliphatic rings. The van der Waals surface area contributed by atoms with Crippen LogP contribution in [0.4, 0.5) is 0 Å². The number of amides is 1. The Morgan fingerprint density at radius 3 is 2.57 bits per heavy atom. The molecule has 28 heavy (non-hydrogen) atoms. The number of carbonyl (C=O) groups is 1. The summed E-state index contributed by atoms with van der Waals surface area (Å²) in [5.41, 5.74) is 1.76. The zero-order chi connectivity index (χ0) is 20.4. The Hall–Kier alpha value is -3.17. The van der Waals surface area contributed by atoms with Gasteiger partial charge in [0.2, 0.25) is 0 Å². The quantitative estimate of drug-likeness (QED) is 0.399. The average Bonchev–Trinajstić information content (AvgIpc) is 2.71. The number of halogens is 1. The minimum atomic E-state index is -0.342. The van der Waals surface area contributed by atoms with Gasteiger partial charge in [0.25, 0.3) is 5.91 Å². The summed E-state index contributed by atoms with van der Waals surface area (Å²) in [6, 6.07) is 12.3. The lowest BCUT2D eigenvalue weighted by atomic mass is 10.1. The van der Waals surface area contributed by atoms with Crippen molar-refractivity contribution >= 4 is 23.2 Å². The number of nitrogens with one attached hydrogen (secondary N) is 1. The molecular weight excluding hydrogens is 380 g/mol. The number of methoxy groups -OCH3 is 1. The van der Waals surface area contributed by atoms with Gasteiger partial charge in [-0.25, -0.2) is 0 Å². The summed E-state index contributed by atoms with van der Waals surface area (Å²) in [5.74, 6) is 3.23.